The van der Waals surface area contributed by atoms with Gasteiger partial charge in [-0.15, -0.1) is 0 Å². The Bertz CT molecular complexity index is 1100. The molecule has 1 N–H and O–H groups in total. The molecule has 1 aromatic heterocycles. The molecule has 1 fully saturated rings. The maximum absolute atomic E-state index is 13.0. The summed E-state index contributed by atoms with van der Waals surface area (Å²) >= 11 is 0. The lowest BCUT2D eigenvalue weighted by atomic mass is 10.1. The van der Waals surface area contributed by atoms with E-state index in [0.717, 1.165) is 0 Å². The first-order valence-electron chi connectivity index (χ1n) is 8.99. The Hall–Kier alpha value is -3.48. The highest BCUT2D eigenvalue weighted by Gasteiger charge is 2.26. The molecule has 0 saturated carbocycles. The van der Waals surface area contributed by atoms with E-state index in [0.29, 0.717) is 42.5 Å². The van der Waals surface area contributed by atoms with Gasteiger partial charge in [-0.3, -0.25) is 14.4 Å². The number of aromatic amines is 1. The maximum atomic E-state index is 13.0. The van der Waals surface area contributed by atoms with Gasteiger partial charge >= 0.3 is 0 Å². The van der Waals surface area contributed by atoms with Crippen molar-refractivity contribution in [2.24, 2.45) is 0 Å². The van der Waals surface area contributed by atoms with Crippen molar-refractivity contribution in [3.8, 4) is 0 Å². The summed E-state index contributed by atoms with van der Waals surface area (Å²) in [4.78, 5) is 43.4. The molecule has 7 heteroatoms. The number of halogens is 1. The van der Waals surface area contributed by atoms with Gasteiger partial charge in [-0.05, 0) is 41.8 Å². The predicted octanol–water partition coefficient (Wildman–Crippen LogP) is 2.27. The van der Waals surface area contributed by atoms with Crippen LogP contribution in [0.1, 0.15) is 20.8 Å². The number of amides is 2. The molecule has 0 radical (unpaired) electrons. The molecule has 1 aliphatic heterocycles. The number of fused-ring (bicyclic) bond motifs is 1. The number of pyridine rings is 1. The second kappa shape index (κ2) is 7.26. The van der Waals surface area contributed by atoms with Gasteiger partial charge in [0.05, 0.1) is 0 Å². The minimum absolute atomic E-state index is 0.189. The van der Waals surface area contributed by atoms with Crippen molar-refractivity contribution in [1.29, 1.82) is 0 Å². The summed E-state index contributed by atoms with van der Waals surface area (Å²) in [5.41, 5.74) is 0.355. The van der Waals surface area contributed by atoms with Crippen molar-refractivity contribution in [1.82, 2.24) is 14.8 Å². The van der Waals surface area contributed by atoms with Crippen LogP contribution in [0.3, 0.4) is 0 Å². The molecular weight excluding hydrogens is 361 g/mol. The van der Waals surface area contributed by atoms with Crippen LogP contribution in [0.4, 0.5) is 4.39 Å². The Morgan fingerprint density at radius 1 is 0.857 bits per heavy atom. The Kier molecular flexibility index (Phi) is 4.65. The van der Waals surface area contributed by atoms with E-state index in [1.807, 2.05) is 6.07 Å². The van der Waals surface area contributed by atoms with Crippen LogP contribution < -0.4 is 5.56 Å². The number of aromatic nitrogens is 1. The summed E-state index contributed by atoms with van der Waals surface area (Å²) in [5.74, 6) is -0.848. The largest absolute Gasteiger partial charge is 0.335 e. The van der Waals surface area contributed by atoms with Crippen molar-refractivity contribution in [3.63, 3.8) is 0 Å². The number of piperazine rings is 1. The van der Waals surface area contributed by atoms with E-state index in [9.17, 15) is 18.8 Å². The van der Waals surface area contributed by atoms with E-state index in [2.05, 4.69) is 4.98 Å². The fourth-order valence-corrected chi connectivity index (χ4v) is 3.38. The van der Waals surface area contributed by atoms with Crippen LogP contribution in [0.5, 0.6) is 0 Å². The lowest BCUT2D eigenvalue weighted by Crippen LogP contribution is -2.50. The third-order valence-electron chi connectivity index (χ3n) is 4.93. The Morgan fingerprint density at radius 2 is 1.46 bits per heavy atom. The molecule has 0 unspecified atom stereocenters. The third-order valence-corrected chi connectivity index (χ3v) is 4.93. The van der Waals surface area contributed by atoms with Gasteiger partial charge in [0, 0.05) is 37.1 Å². The Balaban J connectivity index is 1.46. The number of H-pyrrole nitrogens is 1. The fraction of sp³-hybridized carbons (Fsp3) is 0.190. The first-order valence-corrected chi connectivity index (χ1v) is 8.99. The molecule has 6 nitrogen and oxygen atoms in total. The quantitative estimate of drug-likeness (QED) is 0.742. The molecular formula is C21H18FN3O3. The summed E-state index contributed by atoms with van der Waals surface area (Å²) in [6.07, 6.45) is 0. The molecule has 1 aliphatic rings. The number of nitrogens with one attached hydrogen (secondary N) is 1. The second-order valence-electron chi connectivity index (χ2n) is 6.69. The Labute approximate surface area is 160 Å². The number of nitrogens with zero attached hydrogens (tertiary/aromatic N) is 2. The molecule has 142 valence electrons. The van der Waals surface area contributed by atoms with Crippen LogP contribution in [-0.4, -0.2) is 52.8 Å². The second-order valence-corrected chi connectivity index (χ2v) is 6.69. The van der Waals surface area contributed by atoms with E-state index < -0.39 is 5.82 Å². The number of hydrogen-bond acceptors (Lipinski definition) is 3. The van der Waals surface area contributed by atoms with E-state index in [4.69, 9.17) is 0 Å². The van der Waals surface area contributed by atoms with Gasteiger partial charge in [-0.1, -0.05) is 18.2 Å². The van der Waals surface area contributed by atoms with Crippen LogP contribution in [-0.2, 0) is 0 Å². The van der Waals surface area contributed by atoms with Crippen LogP contribution in [0, 0.1) is 5.82 Å². The van der Waals surface area contributed by atoms with E-state index in [1.54, 1.807) is 34.1 Å². The van der Waals surface area contributed by atoms with E-state index >= 15 is 0 Å². The smallest absolute Gasteiger partial charge is 0.270 e. The average Bonchev–Trinajstić information content (AvgIpc) is 2.73. The van der Waals surface area contributed by atoms with E-state index in [-0.39, 0.29) is 23.1 Å². The molecule has 2 heterocycles. The molecule has 2 aromatic carbocycles. The van der Waals surface area contributed by atoms with Crippen molar-refractivity contribution >= 4 is 22.6 Å². The maximum Gasteiger partial charge on any atom is 0.270 e. The number of carbonyl (C=O) groups is 2. The standard InChI is InChI=1S/C21H18FN3O3/c22-16-7-5-14(6-8-16)20(27)24-9-11-25(12-10-24)21(28)18-13-15-3-1-2-4-17(15)19(26)23-18/h1-8,13H,9-12H2,(H,23,26). The van der Waals surface area contributed by atoms with Gasteiger partial charge in [0.15, 0.2) is 0 Å². The minimum Gasteiger partial charge on any atom is -0.335 e. The highest BCUT2D eigenvalue weighted by molar-refractivity contribution is 5.97. The lowest BCUT2D eigenvalue weighted by Gasteiger charge is -2.34. The molecule has 1 saturated heterocycles. The van der Waals surface area contributed by atoms with Crippen molar-refractivity contribution < 1.29 is 14.0 Å². The lowest BCUT2D eigenvalue weighted by molar-refractivity contribution is 0.0532. The number of carbonyl (C=O) groups excluding carboxylic acids is 2. The van der Waals surface area contributed by atoms with Crippen molar-refractivity contribution in [2.75, 3.05) is 26.2 Å². The van der Waals surface area contributed by atoms with Gasteiger partial charge < -0.3 is 14.8 Å². The van der Waals surface area contributed by atoms with Gasteiger partial charge in [-0.2, -0.15) is 0 Å². The highest BCUT2D eigenvalue weighted by atomic mass is 19.1. The summed E-state index contributed by atoms with van der Waals surface area (Å²) in [6, 6.07) is 14.2. The average molecular weight is 379 g/mol. The van der Waals surface area contributed by atoms with Crippen LogP contribution in [0.2, 0.25) is 0 Å². The molecule has 28 heavy (non-hydrogen) atoms. The molecule has 0 atom stereocenters. The normalized spacial score (nSPS) is 14.3. The fourth-order valence-electron chi connectivity index (χ4n) is 3.38. The zero-order valence-electron chi connectivity index (χ0n) is 15.0. The Morgan fingerprint density at radius 3 is 2.14 bits per heavy atom. The summed E-state index contributed by atoms with van der Waals surface area (Å²) in [7, 11) is 0. The van der Waals surface area contributed by atoms with E-state index in [1.165, 1.54) is 24.3 Å². The van der Waals surface area contributed by atoms with Gasteiger partial charge in [0.2, 0.25) is 0 Å². The number of rotatable bonds is 2. The monoisotopic (exact) mass is 379 g/mol. The van der Waals surface area contributed by atoms with Gasteiger partial charge in [0.1, 0.15) is 11.5 Å². The molecule has 0 spiro atoms. The predicted molar refractivity (Wildman–Crippen MR) is 103 cm³/mol. The first-order chi connectivity index (χ1) is 13.5. The van der Waals surface area contributed by atoms with Crippen LogP contribution in [0.15, 0.2) is 59.4 Å². The van der Waals surface area contributed by atoms with Crippen LogP contribution in [0.25, 0.3) is 10.8 Å². The van der Waals surface area contributed by atoms with Crippen molar-refractivity contribution in [2.45, 2.75) is 0 Å². The molecule has 4 rings (SSSR count). The zero-order chi connectivity index (χ0) is 19.7. The molecule has 0 bridgehead atoms. The highest BCUT2D eigenvalue weighted by Crippen LogP contribution is 2.14. The zero-order valence-corrected chi connectivity index (χ0v) is 15.0. The third kappa shape index (κ3) is 3.38. The molecule has 2 amide bonds. The van der Waals surface area contributed by atoms with Crippen LogP contribution >= 0.6 is 0 Å². The first kappa shape index (κ1) is 17.9. The summed E-state index contributed by atoms with van der Waals surface area (Å²) in [5, 5.41) is 1.24. The SMILES string of the molecule is O=C(c1ccc(F)cc1)N1CCN(C(=O)c2cc3ccccc3c(=O)[nH]2)CC1. The van der Waals surface area contributed by atoms with Gasteiger partial charge in [0.25, 0.3) is 17.4 Å². The van der Waals surface area contributed by atoms with Crippen molar-refractivity contribution in [3.05, 3.63) is 82.0 Å². The number of benzene rings is 2. The topological polar surface area (TPSA) is 73.5 Å². The van der Waals surface area contributed by atoms with Gasteiger partial charge in [-0.25, -0.2) is 4.39 Å². The minimum atomic E-state index is -0.392. The summed E-state index contributed by atoms with van der Waals surface area (Å²) in [6.45, 7) is 1.47. The molecule has 3 aromatic rings. The number of hydrogen-bond donors (Lipinski definition) is 1. The molecule has 0 aliphatic carbocycles. The summed E-state index contributed by atoms with van der Waals surface area (Å²) < 4.78 is 13.0.